The molecule has 0 aromatic heterocycles. The zero-order valence-corrected chi connectivity index (χ0v) is 12.2. The van der Waals surface area contributed by atoms with E-state index in [1.165, 1.54) is 0 Å². The van der Waals surface area contributed by atoms with Crippen molar-refractivity contribution < 1.29 is 8.42 Å². The van der Waals surface area contributed by atoms with E-state index in [1.807, 2.05) is 27.1 Å². The first kappa shape index (κ1) is 14.0. The maximum Gasteiger partial charge on any atom is 0.263 e. The van der Waals surface area contributed by atoms with Crippen molar-refractivity contribution in [3.05, 3.63) is 29.8 Å². The molecule has 0 amide bonds. The van der Waals surface area contributed by atoms with Gasteiger partial charge in [0, 0.05) is 5.56 Å². The molecule has 0 saturated heterocycles. The largest absolute Gasteiger partial charge is 0.309 e. The Hall–Kier alpha value is -1.40. The third-order valence-corrected chi connectivity index (χ3v) is 4.40. The van der Waals surface area contributed by atoms with E-state index in [0.717, 1.165) is 13.0 Å². The Labute approximate surface area is 114 Å². The van der Waals surface area contributed by atoms with Gasteiger partial charge in [-0.25, -0.2) is 8.42 Å². The molecule has 0 fully saturated rings. The van der Waals surface area contributed by atoms with Crippen LogP contribution in [0.15, 0.2) is 34.2 Å². The van der Waals surface area contributed by atoms with Gasteiger partial charge in [0.2, 0.25) is 0 Å². The Kier molecular flexibility index (Phi) is 3.91. The molecule has 19 heavy (non-hydrogen) atoms. The van der Waals surface area contributed by atoms with Crippen LogP contribution in [0.3, 0.4) is 0 Å². The van der Waals surface area contributed by atoms with Crippen LogP contribution in [0, 0.1) is 0 Å². The highest BCUT2D eigenvalue weighted by Gasteiger charge is 2.30. The van der Waals surface area contributed by atoms with Crippen molar-refractivity contribution in [3.63, 3.8) is 0 Å². The third kappa shape index (κ3) is 3.13. The number of nitrogens with one attached hydrogen (secondary N) is 1. The lowest BCUT2D eigenvalue weighted by molar-refractivity contribution is 0.386. The van der Waals surface area contributed by atoms with Crippen LogP contribution in [0.2, 0.25) is 0 Å². The Balaban J connectivity index is 2.24. The minimum absolute atomic E-state index is 0.0752. The molecule has 1 aliphatic rings. The second kappa shape index (κ2) is 5.30. The van der Waals surface area contributed by atoms with Crippen LogP contribution >= 0.6 is 0 Å². The molecule has 6 heteroatoms. The van der Waals surface area contributed by atoms with E-state index < -0.39 is 10.0 Å². The Morgan fingerprint density at radius 3 is 2.68 bits per heavy atom. The Bertz CT molecular complexity index is 594. The predicted octanol–water partition coefficient (Wildman–Crippen LogP) is 1.07. The summed E-state index contributed by atoms with van der Waals surface area (Å²) in [6, 6.07) is 7.00. The molecule has 104 valence electrons. The minimum Gasteiger partial charge on any atom is -0.309 e. The monoisotopic (exact) mass is 281 g/mol. The van der Waals surface area contributed by atoms with Gasteiger partial charge in [0.25, 0.3) is 10.0 Å². The highest BCUT2D eigenvalue weighted by Crippen LogP contribution is 2.22. The Morgan fingerprint density at radius 1 is 1.32 bits per heavy atom. The van der Waals surface area contributed by atoms with E-state index in [-0.39, 0.29) is 6.04 Å². The number of rotatable bonds is 4. The van der Waals surface area contributed by atoms with Gasteiger partial charge in [-0.15, -0.1) is 0 Å². The van der Waals surface area contributed by atoms with E-state index in [0.29, 0.717) is 16.3 Å². The molecule has 0 aliphatic carbocycles. The van der Waals surface area contributed by atoms with Crippen LogP contribution in [0.25, 0.3) is 0 Å². The van der Waals surface area contributed by atoms with Crippen LogP contribution in [0.4, 0.5) is 0 Å². The molecule has 0 spiro atoms. The quantitative estimate of drug-likeness (QED) is 0.898. The average Bonchev–Trinajstić information content (AvgIpc) is 2.59. The summed E-state index contributed by atoms with van der Waals surface area (Å²) in [5.41, 5.74) is 0.666. The summed E-state index contributed by atoms with van der Waals surface area (Å²) >= 11 is 0. The van der Waals surface area contributed by atoms with Gasteiger partial charge >= 0.3 is 0 Å². The predicted molar refractivity (Wildman–Crippen MR) is 75.9 cm³/mol. The van der Waals surface area contributed by atoms with Gasteiger partial charge in [-0.3, -0.25) is 9.71 Å². The van der Waals surface area contributed by atoms with Crippen molar-refractivity contribution in [2.45, 2.75) is 24.3 Å². The fraction of sp³-hybridized carbons (Fsp3) is 0.462. The van der Waals surface area contributed by atoms with Gasteiger partial charge in [0.05, 0.1) is 10.9 Å². The van der Waals surface area contributed by atoms with Crippen molar-refractivity contribution in [3.8, 4) is 0 Å². The van der Waals surface area contributed by atoms with Crippen LogP contribution in [0.1, 0.15) is 18.9 Å². The van der Waals surface area contributed by atoms with Gasteiger partial charge in [0.1, 0.15) is 5.84 Å². The first-order valence-electron chi connectivity index (χ1n) is 6.25. The lowest BCUT2D eigenvalue weighted by Crippen LogP contribution is -2.24. The molecule has 5 nitrogen and oxygen atoms in total. The molecule has 1 aromatic rings. The standard InChI is InChI=1S/C13H19N3O2S/c1-10(8-9-16(2)3)14-13-11-6-4-5-7-12(11)19(17,18)15-13/h4-7,10H,8-9H2,1-3H3,(H,14,15). The maximum atomic E-state index is 11.9. The number of fused-ring (bicyclic) bond motifs is 1. The van der Waals surface area contributed by atoms with Gasteiger partial charge in [0.15, 0.2) is 0 Å². The number of aliphatic imine (C=N–C) groups is 1. The molecule has 1 aliphatic heterocycles. The van der Waals surface area contributed by atoms with Crippen molar-refractivity contribution >= 4 is 15.9 Å². The zero-order valence-electron chi connectivity index (χ0n) is 11.4. The van der Waals surface area contributed by atoms with E-state index in [4.69, 9.17) is 0 Å². The molecule has 0 radical (unpaired) electrons. The number of hydrogen-bond donors (Lipinski definition) is 1. The Morgan fingerprint density at radius 2 is 2.00 bits per heavy atom. The summed E-state index contributed by atoms with van der Waals surface area (Å²) in [6.07, 6.45) is 0.889. The van der Waals surface area contributed by atoms with Crippen LogP contribution in [-0.4, -0.2) is 45.8 Å². The summed E-state index contributed by atoms with van der Waals surface area (Å²) in [4.78, 5) is 6.88. The molecule has 1 aromatic carbocycles. The molecular weight excluding hydrogens is 262 g/mol. The molecule has 2 rings (SSSR count). The van der Waals surface area contributed by atoms with E-state index >= 15 is 0 Å². The summed E-state index contributed by atoms with van der Waals surface area (Å²) < 4.78 is 26.3. The zero-order chi connectivity index (χ0) is 14.0. The highest BCUT2D eigenvalue weighted by atomic mass is 32.2. The fourth-order valence-electron chi connectivity index (χ4n) is 1.96. The molecule has 0 bridgehead atoms. The number of benzene rings is 1. The van der Waals surface area contributed by atoms with Crippen molar-refractivity contribution in [1.82, 2.24) is 9.62 Å². The van der Waals surface area contributed by atoms with E-state index in [2.05, 4.69) is 14.6 Å². The second-order valence-electron chi connectivity index (χ2n) is 5.02. The molecule has 1 atom stereocenters. The van der Waals surface area contributed by atoms with Gasteiger partial charge < -0.3 is 4.90 Å². The van der Waals surface area contributed by atoms with Gasteiger partial charge in [-0.2, -0.15) is 0 Å². The van der Waals surface area contributed by atoms with E-state index in [1.54, 1.807) is 18.2 Å². The number of amidine groups is 1. The normalized spacial score (nSPS) is 20.3. The van der Waals surface area contributed by atoms with Gasteiger partial charge in [-0.05, 0) is 46.1 Å². The lowest BCUT2D eigenvalue weighted by Gasteiger charge is -2.12. The summed E-state index contributed by atoms with van der Waals surface area (Å²) in [6.45, 7) is 2.91. The summed E-state index contributed by atoms with van der Waals surface area (Å²) in [7, 11) is 0.592. The second-order valence-corrected chi connectivity index (χ2v) is 6.67. The molecule has 0 saturated carbocycles. The molecule has 1 unspecified atom stereocenters. The van der Waals surface area contributed by atoms with Crippen molar-refractivity contribution in [1.29, 1.82) is 0 Å². The average molecular weight is 281 g/mol. The minimum atomic E-state index is -3.42. The molecular formula is C13H19N3O2S. The van der Waals surface area contributed by atoms with Gasteiger partial charge in [-0.1, -0.05) is 12.1 Å². The molecule has 1 N–H and O–H groups in total. The first-order valence-corrected chi connectivity index (χ1v) is 7.73. The van der Waals surface area contributed by atoms with Crippen molar-refractivity contribution in [2.24, 2.45) is 4.99 Å². The SMILES string of the molecule is CC(CCN(C)C)N=C1NS(=O)(=O)c2ccccc21. The van der Waals surface area contributed by atoms with Crippen LogP contribution in [0.5, 0.6) is 0 Å². The smallest absolute Gasteiger partial charge is 0.263 e. The number of nitrogens with zero attached hydrogens (tertiary/aromatic N) is 2. The third-order valence-electron chi connectivity index (χ3n) is 3.01. The highest BCUT2D eigenvalue weighted by molar-refractivity contribution is 7.90. The summed E-state index contributed by atoms with van der Waals surface area (Å²) in [5, 5.41) is 0. The first-order chi connectivity index (χ1) is 8.90. The topological polar surface area (TPSA) is 61.8 Å². The fourth-order valence-corrected chi connectivity index (χ4v) is 3.20. The number of hydrogen-bond acceptors (Lipinski definition) is 4. The van der Waals surface area contributed by atoms with Crippen LogP contribution < -0.4 is 4.72 Å². The number of sulfonamides is 1. The van der Waals surface area contributed by atoms with Crippen LogP contribution in [-0.2, 0) is 10.0 Å². The molecule has 1 heterocycles. The maximum absolute atomic E-state index is 11.9. The van der Waals surface area contributed by atoms with E-state index in [9.17, 15) is 8.42 Å². The lowest BCUT2D eigenvalue weighted by atomic mass is 10.2. The van der Waals surface area contributed by atoms with Crippen molar-refractivity contribution in [2.75, 3.05) is 20.6 Å². The summed E-state index contributed by atoms with van der Waals surface area (Å²) in [5.74, 6) is 0.460.